The van der Waals surface area contributed by atoms with Crippen LogP contribution in [0, 0.1) is 22.2 Å². The van der Waals surface area contributed by atoms with Crippen molar-refractivity contribution in [3.05, 3.63) is 20.8 Å². The topological polar surface area (TPSA) is 17.1 Å². The molecule has 4 saturated carbocycles. The zero-order valence-electron chi connectivity index (χ0n) is 12.9. The van der Waals surface area contributed by atoms with E-state index in [4.69, 9.17) is 0 Å². The molecule has 0 spiro atoms. The van der Waals surface area contributed by atoms with Gasteiger partial charge in [0.05, 0.1) is 8.66 Å². The zero-order valence-corrected chi connectivity index (χ0v) is 15.3. The molecule has 4 aliphatic carbocycles. The first-order chi connectivity index (χ1) is 9.79. The number of carbonyl (C=O) groups excluding carboxylic acids is 1. The predicted molar refractivity (Wildman–Crippen MR) is 90.8 cm³/mol. The van der Waals surface area contributed by atoms with E-state index in [1.165, 1.54) is 38.5 Å². The van der Waals surface area contributed by atoms with Gasteiger partial charge in [-0.2, -0.15) is 0 Å². The van der Waals surface area contributed by atoms with Crippen LogP contribution in [0.15, 0.2) is 15.9 Å². The molecule has 21 heavy (non-hydrogen) atoms. The van der Waals surface area contributed by atoms with E-state index in [0.29, 0.717) is 22.0 Å². The lowest BCUT2D eigenvalue weighted by Gasteiger charge is -2.65. The second-order valence-electron chi connectivity index (χ2n) is 8.83. The van der Waals surface area contributed by atoms with Gasteiger partial charge in [-0.15, -0.1) is 11.3 Å². The molecule has 2 atom stereocenters. The average molecular weight is 367 g/mol. The Morgan fingerprint density at radius 2 is 1.86 bits per heavy atom. The number of ketones is 1. The lowest BCUT2D eigenvalue weighted by molar-refractivity contribution is -0.143. The summed E-state index contributed by atoms with van der Waals surface area (Å²) in [5.41, 5.74) is 1.31. The van der Waals surface area contributed by atoms with E-state index in [2.05, 4.69) is 29.8 Å². The summed E-state index contributed by atoms with van der Waals surface area (Å²) in [6.45, 7) is 4.97. The lowest BCUT2D eigenvalue weighted by atomic mass is 9.39. The Morgan fingerprint density at radius 3 is 2.38 bits per heavy atom. The van der Waals surface area contributed by atoms with Crippen LogP contribution in [0.1, 0.15) is 68.5 Å². The number of thiophene rings is 1. The maximum atomic E-state index is 12.7. The van der Waals surface area contributed by atoms with Crippen molar-refractivity contribution in [2.45, 2.75) is 58.8 Å². The first-order valence-corrected chi connectivity index (χ1v) is 9.69. The molecule has 114 valence electrons. The van der Waals surface area contributed by atoms with Gasteiger partial charge >= 0.3 is 0 Å². The third-order valence-corrected chi connectivity index (χ3v) is 7.79. The Bertz CT molecular complexity index is 586. The molecule has 4 aliphatic rings. The van der Waals surface area contributed by atoms with Crippen molar-refractivity contribution < 1.29 is 4.79 Å². The van der Waals surface area contributed by atoms with Crippen LogP contribution in [0.3, 0.4) is 0 Å². The van der Waals surface area contributed by atoms with Gasteiger partial charge < -0.3 is 0 Å². The van der Waals surface area contributed by atoms with Gasteiger partial charge in [0.15, 0.2) is 5.78 Å². The highest BCUT2D eigenvalue weighted by Gasteiger charge is 2.60. The van der Waals surface area contributed by atoms with E-state index in [1.54, 1.807) is 11.3 Å². The normalized spacial score (nSPS) is 44.2. The number of Topliss-reactive ketones (excluding diaryl/α,β-unsaturated/α-hetero) is 1. The zero-order chi connectivity index (χ0) is 14.9. The largest absolute Gasteiger partial charge is 0.293 e. The van der Waals surface area contributed by atoms with Crippen molar-refractivity contribution in [2.24, 2.45) is 22.2 Å². The molecule has 0 saturated heterocycles. The van der Waals surface area contributed by atoms with Crippen LogP contribution in [0.5, 0.6) is 0 Å². The summed E-state index contributed by atoms with van der Waals surface area (Å²) in [6, 6.07) is 3.99. The fraction of sp³-hybridized carbons (Fsp3) is 0.722. The molecule has 1 aromatic rings. The second-order valence-corrected chi connectivity index (χ2v) is 11.3. The average Bonchev–Trinajstić information content (AvgIpc) is 2.70. The summed E-state index contributed by atoms with van der Waals surface area (Å²) in [6.07, 6.45) is 8.84. The molecular weight excluding hydrogens is 344 g/mol. The smallest absolute Gasteiger partial charge is 0.173 e. The molecule has 0 aliphatic heterocycles. The highest BCUT2D eigenvalue weighted by molar-refractivity contribution is 9.11. The second kappa shape index (κ2) is 4.44. The van der Waals surface area contributed by atoms with Crippen LogP contribution in [0.2, 0.25) is 0 Å². The monoisotopic (exact) mass is 366 g/mol. The fourth-order valence-electron chi connectivity index (χ4n) is 6.77. The molecule has 0 aromatic carbocycles. The fourth-order valence-corrected chi connectivity index (χ4v) is 8.10. The van der Waals surface area contributed by atoms with Crippen LogP contribution in [0.4, 0.5) is 0 Å². The molecule has 0 radical (unpaired) electrons. The molecule has 0 N–H and O–H groups in total. The molecule has 4 bridgehead atoms. The quantitative estimate of drug-likeness (QED) is 0.592. The summed E-state index contributed by atoms with van der Waals surface area (Å²) < 4.78 is 1.07. The summed E-state index contributed by atoms with van der Waals surface area (Å²) in [5.74, 6) is 1.25. The molecule has 1 aromatic heterocycles. The van der Waals surface area contributed by atoms with Crippen LogP contribution in [-0.2, 0) is 0 Å². The van der Waals surface area contributed by atoms with E-state index in [-0.39, 0.29) is 0 Å². The molecule has 1 nitrogen and oxygen atoms in total. The number of hydrogen-bond donors (Lipinski definition) is 0. The van der Waals surface area contributed by atoms with Crippen molar-refractivity contribution in [2.75, 3.05) is 0 Å². The molecule has 2 unspecified atom stereocenters. The molecule has 5 rings (SSSR count). The molecule has 0 amide bonds. The van der Waals surface area contributed by atoms with Crippen molar-refractivity contribution in [3.8, 4) is 0 Å². The van der Waals surface area contributed by atoms with Crippen LogP contribution in [0.25, 0.3) is 0 Å². The molecule has 1 heterocycles. The lowest BCUT2D eigenvalue weighted by Crippen LogP contribution is -2.55. The van der Waals surface area contributed by atoms with Crippen molar-refractivity contribution in [3.63, 3.8) is 0 Å². The Balaban J connectivity index is 1.61. The van der Waals surface area contributed by atoms with Gasteiger partial charge in [0.1, 0.15) is 0 Å². The Labute approximate surface area is 139 Å². The van der Waals surface area contributed by atoms with Gasteiger partial charge in [0.25, 0.3) is 0 Å². The Morgan fingerprint density at radius 1 is 1.19 bits per heavy atom. The summed E-state index contributed by atoms with van der Waals surface area (Å²) in [7, 11) is 0. The summed E-state index contributed by atoms with van der Waals surface area (Å²) >= 11 is 5.07. The van der Waals surface area contributed by atoms with Crippen molar-refractivity contribution in [1.29, 1.82) is 0 Å². The molecular formula is C18H23BrOS. The number of hydrogen-bond acceptors (Lipinski definition) is 2. The van der Waals surface area contributed by atoms with Crippen molar-refractivity contribution in [1.82, 2.24) is 0 Å². The molecule has 3 heteroatoms. The third kappa shape index (κ3) is 2.45. The minimum Gasteiger partial charge on any atom is -0.293 e. The van der Waals surface area contributed by atoms with Gasteiger partial charge in [-0.3, -0.25) is 4.79 Å². The first kappa shape index (κ1) is 14.4. The Kier molecular flexibility index (Phi) is 3.05. The van der Waals surface area contributed by atoms with E-state index in [9.17, 15) is 4.79 Å². The van der Waals surface area contributed by atoms with Gasteiger partial charge in [-0.25, -0.2) is 0 Å². The predicted octanol–water partition coefficient (Wildman–Crippen LogP) is 6.08. The minimum atomic E-state index is 0.302. The summed E-state index contributed by atoms with van der Waals surface area (Å²) in [5, 5.41) is 0. The van der Waals surface area contributed by atoms with Crippen LogP contribution in [-0.4, -0.2) is 5.78 Å². The van der Waals surface area contributed by atoms with Crippen LogP contribution < -0.4 is 0 Å². The highest BCUT2D eigenvalue weighted by Crippen LogP contribution is 2.70. The maximum Gasteiger partial charge on any atom is 0.173 e. The third-order valence-electron chi connectivity index (χ3n) is 6.13. The summed E-state index contributed by atoms with van der Waals surface area (Å²) in [4.78, 5) is 13.7. The SMILES string of the molecule is CC12CC3CC(C)(C1)CC(CC(=O)c1ccc(Br)s1)(C3)C2. The van der Waals surface area contributed by atoms with E-state index in [0.717, 1.165) is 21.0 Å². The van der Waals surface area contributed by atoms with Gasteiger partial charge in [0, 0.05) is 6.42 Å². The van der Waals surface area contributed by atoms with Gasteiger partial charge in [-0.1, -0.05) is 13.8 Å². The van der Waals surface area contributed by atoms with Crippen LogP contribution >= 0.6 is 27.3 Å². The Hall–Kier alpha value is -0.150. The maximum absolute atomic E-state index is 12.7. The number of rotatable bonds is 3. The first-order valence-electron chi connectivity index (χ1n) is 8.08. The number of carbonyl (C=O) groups is 1. The van der Waals surface area contributed by atoms with Crippen molar-refractivity contribution >= 4 is 33.0 Å². The minimum absolute atomic E-state index is 0.302. The van der Waals surface area contributed by atoms with E-state index < -0.39 is 0 Å². The van der Waals surface area contributed by atoms with Gasteiger partial charge in [-0.05, 0) is 88.8 Å². The number of halogens is 1. The van der Waals surface area contributed by atoms with Gasteiger partial charge in [0.2, 0.25) is 0 Å². The molecule has 4 fully saturated rings. The highest BCUT2D eigenvalue weighted by atomic mass is 79.9. The van der Waals surface area contributed by atoms with E-state index >= 15 is 0 Å². The standard InChI is InChI=1S/C18H23BrOS/c1-16-5-12-6-17(2,9-16)11-18(7-12,10-16)8-13(20)14-3-4-15(19)21-14/h3-4,12H,5-11H2,1-2H3. The van der Waals surface area contributed by atoms with E-state index in [1.807, 2.05) is 12.1 Å².